The van der Waals surface area contributed by atoms with Gasteiger partial charge in [0.1, 0.15) is 24.7 Å². The molecule has 1 N–H and O–H groups in total. The van der Waals surface area contributed by atoms with E-state index in [1.54, 1.807) is 0 Å². The summed E-state index contributed by atoms with van der Waals surface area (Å²) in [5.74, 6) is 1.52. The second-order valence-corrected chi connectivity index (χ2v) is 7.17. The van der Waals surface area contributed by atoms with Crippen molar-refractivity contribution in [2.45, 2.75) is 6.61 Å². The van der Waals surface area contributed by atoms with Gasteiger partial charge in [0.2, 0.25) is 0 Å². The number of hydrogen-bond acceptors (Lipinski definition) is 4. The summed E-state index contributed by atoms with van der Waals surface area (Å²) in [6, 6.07) is 27.8. The highest BCUT2D eigenvalue weighted by molar-refractivity contribution is 5.66. The van der Waals surface area contributed by atoms with E-state index in [0.29, 0.717) is 19.0 Å². The Bertz CT molecular complexity index is 878. The van der Waals surface area contributed by atoms with Crippen LogP contribution in [0.3, 0.4) is 0 Å². The van der Waals surface area contributed by atoms with E-state index >= 15 is 0 Å². The molecule has 3 aromatic carbocycles. The van der Waals surface area contributed by atoms with Crippen LogP contribution in [0.25, 0.3) is 11.1 Å². The van der Waals surface area contributed by atoms with E-state index in [1.165, 1.54) is 0 Å². The van der Waals surface area contributed by atoms with Crippen LogP contribution in [0.5, 0.6) is 11.5 Å². The number of piperazine rings is 1. The molecule has 0 unspecified atom stereocenters. The molecule has 0 spiro atoms. The Morgan fingerprint density at radius 1 is 0.862 bits per heavy atom. The summed E-state index contributed by atoms with van der Waals surface area (Å²) in [6.45, 7) is 6.36. The molecule has 149 valence electrons. The minimum absolute atomic E-state index is 0.510. The number of rotatable bonds is 8. The van der Waals surface area contributed by atoms with Crippen LogP contribution in [0.2, 0.25) is 0 Å². The van der Waals surface area contributed by atoms with Crippen molar-refractivity contribution >= 4 is 0 Å². The van der Waals surface area contributed by atoms with E-state index in [9.17, 15) is 0 Å². The van der Waals surface area contributed by atoms with E-state index in [-0.39, 0.29) is 0 Å². The second-order valence-electron chi connectivity index (χ2n) is 7.17. The minimum Gasteiger partial charge on any atom is -0.492 e. The van der Waals surface area contributed by atoms with E-state index in [4.69, 9.17) is 9.47 Å². The van der Waals surface area contributed by atoms with Crippen molar-refractivity contribution in [1.29, 1.82) is 0 Å². The topological polar surface area (TPSA) is 33.7 Å². The number of ether oxygens (including phenoxy) is 2. The predicted molar refractivity (Wildman–Crippen MR) is 116 cm³/mol. The van der Waals surface area contributed by atoms with Gasteiger partial charge in [0.05, 0.1) is 0 Å². The SMILES string of the molecule is [c]1c(OCc2ccccc2)cc(OCCN2CCNCC2)cc1-c1ccccc1. The predicted octanol–water partition coefficient (Wildman–Crippen LogP) is 4.02. The maximum Gasteiger partial charge on any atom is 0.132 e. The van der Waals surface area contributed by atoms with Crippen LogP contribution >= 0.6 is 0 Å². The van der Waals surface area contributed by atoms with Gasteiger partial charge in [0, 0.05) is 44.9 Å². The largest absolute Gasteiger partial charge is 0.492 e. The molecular formula is C25H27N2O2. The zero-order valence-corrected chi connectivity index (χ0v) is 16.6. The Labute approximate surface area is 173 Å². The molecule has 0 aromatic heterocycles. The third-order valence-electron chi connectivity index (χ3n) is 5.03. The van der Waals surface area contributed by atoms with E-state index < -0.39 is 0 Å². The molecule has 1 fully saturated rings. The molecule has 1 saturated heterocycles. The number of nitrogens with one attached hydrogen (secondary N) is 1. The summed E-state index contributed by atoms with van der Waals surface area (Å²) >= 11 is 0. The normalized spacial score (nSPS) is 14.5. The summed E-state index contributed by atoms with van der Waals surface area (Å²) in [7, 11) is 0. The molecular weight excluding hydrogens is 360 g/mol. The lowest BCUT2D eigenvalue weighted by molar-refractivity contribution is 0.191. The highest BCUT2D eigenvalue weighted by Crippen LogP contribution is 2.29. The number of hydrogen-bond donors (Lipinski definition) is 1. The Morgan fingerprint density at radius 2 is 1.59 bits per heavy atom. The highest BCUT2D eigenvalue weighted by atomic mass is 16.5. The quantitative estimate of drug-likeness (QED) is 0.633. The van der Waals surface area contributed by atoms with Crippen LogP contribution in [0.4, 0.5) is 0 Å². The van der Waals surface area contributed by atoms with Gasteiger partial charge in [-0.05, 0) is 22.8 Å². The maximum absolute atomic E-state index is 6.10. The molecule has 1 heterocycles. The fraction of sp³-hybridized carbons (Fsp3) is 0.280. The molecule has 4 rings (SSSR count). The van der Waals surface area contributed by atoms with Crippen molar-refractivity contribution in [2.75, 3.05) is 39.3 Å². The summed E-state index contributed by atoms with van der Waals surface area (Å²) in [4.78, 5) is 2.43. The van der Waals surface area contributed by atoms with Crippen molar-refractivity contribution in [3.63, 3.8) is 0 Å². The molecule has 0 aliphatic carbocycles. The molecule has 29 heavy (non-hydrogen) atoms. The standard InChI is InChI=1S/C25H27N2O2/c1-3-7-21(8-4-1)20-29-25-18-23(22-9-5-2-6-10-22)17-24(19-25)28-16-15-27-13-11-26-12-14-27/h1-10,17,19,26H,11-16,20H2. The fourth-order valence-corrected chi connectivity index (χ4v) is 3.41. The van der Waals surface area contributed by atoms with E-state index in [1.807, 2.05) is 48.5 Å². The van der Waals surface area contributed by atoms with Gasteiger partial charge < -0.3 is 14.8 Å². The van der Waals surface area contributed by atoms with Crippen molar-refractivity contribution in [1.82, 2.24) is 10.2 Å². The second kappa shape index (κ2) is 10.1. The lowest BCUT2D eigenvalue weighted by Crippen LogP contribution is -2.44. The molecule has 0 atom stereocenters. The van der Waals surface area contributed by atoms with Gasteiger partial charge in [-0.2, -0.15) is 0 Å². The molecule has 0 amide bonds. The van der Waals surface area contributed by atoms with Gasteiger partial charge in [0.25, 0.3) is 0 Å². The van der Waals surface area contributed by atoms with Crippen molar-refractivity contribution < 1.29 is 9.47 Å². The van der Waals surface area contributed by atoms with Crippen molar-refractivity contribution in [2.24, 2.45) is 0 Å². The van der Waals surface area contributed by atoms with Crippen LogP contribution in [0, 0.1) is 6.07 Å². The molecule has 3 aromatic rings. The van der Waals surface area contributed by atoms with Crippen LogP contribution in [0.1, 0.15) is 5.56 Å². The summed E-state index contributed by atoms with van der Waals surface area (Å²) in [5.41, 5.74) is 3.21. The molecule has 1 aliphatic heterocycles. The molecule has 1 aliphatic rings. The first kappa shape index (κ1) is 19.5. The first-order chi connectivity index (χ1) is 14.4. The average molecular weight is 388 g/mol. The lowest BCUT2D eigenvalue weighted by atomic mass is 10.1. The summed E-state index contributed by atoms with van der Waals surface area (Å²) < 4.78 is 12.1. The third kappa shape index (κ3) is 5.83. The lowest BCUT2D eigenvalue weighted by Gasteiger charge is -2.27. The Hall–Kier alpha value is -2.82. The van der Waals surface area contributed by atoms with Crippen LogP contribution < -0.4 is 14.8 Å². The zero-order chi connectivity index (χ0) is 19.7. The molecule has 4 nitrogen and oxygen atoms in total. The Morgan fingerprint density at radius 3 is 2.34 bits per heavy atom. The summed E-state index contributed by atoms with van der Waals surface area (Å²) in [6.07, 6.45) is 0. The van der Waals surface area contributed by atoms with Crippen LogP contribution in [-0.2, 0) is 6.61 Å². The van der Waals surface area contributed by atoms with Crippen molar-refractivity contribution in [3.8, 4) is 22.6 Å². The van der Waals surface area contributed by atoms with Gasteiger partial charge >= 0.3 is 0 Å². The molecule has 4 heteroatoms. The van der Waals surface area contributed by atoms with Gasteiger partial charge in [0.15, 0.2) is 0 Å². The number of nitrogens with zero attached hydrogens (tertiary/aromatic N) is 1. The monoisotopic (exact) mass is 387 g/mol. The Balaban J connectivity index is 1.46. The van der Waals surface area contributed by atoms with Gasteiger partial charge in [-0.15, -0.1) is 0 Å². The highest BCUT2D eigenvalue weighted by Gasteiger charge is 2.10. The Kier molecular flexibility index (Phi) is 6.79. The number of benzene rings is 3. The van der Waals surface area contributed by atoms with Gasteiger partial charge in [-0.3, -0.25) is 4.90 Å². The third-order valence-corrected chi connectivity index (χ3v) is 5.03. The van der Waals surface area contributed by atoms with Crippen molar-refractivity contribution in [3.05, 3.63) is 84.4 Å². The zero-order valence-electron chi connectivity index (χ0n) is 16.6. The first-order valence-corrected chi connectivity index (χ1v) is 10.2. The van der Waals surface area contributed by atoms with Crippen LogP contribution in [-0.4, -0.2) is 44.2 Å². The maximum atomic E-state index is 6.10. The van der Waals surface area contributed by atoms with Gasteiger partial charge in [-0.1, -0.05) is 60.7 Å². The summed E-state index contributed by atoms with van der Waals surface area (Å²) in [5, 5.41) is 3.38. The molecule has 0 bridgehead atoms. The van der Waals surface area contributed by atoms with Crippen LogP contribution in [0.15, 0.2) is 72.8 Å². The molecule has 0 saturated carbocycles. The van der Waals surface area contributed by atoms with E-state index in [0.717, 1.165) is 55.2 Å². The molecule has 1 radical (unpaired) electrons. The van der Waals surface area contributed by atoms with E-state index in [2.05, 4.69) is 40.5 Å². The van der Waals surface area contributed by atoms with Gasteiger partial charge in [-0.25, -0.2) is 0 Å². The smallest absolute Gasteiger partial charge is 0.132 e. The minimum atomic E-state index is 0.510. The average Bonchev–Trinajstić information content (AvgIpc) is 2.80. The fourth-order valence-electron chi connectivity index (χ4n) is 3.41. The first-order valence-electron chi connectivity index (χ1n) is 10.2.